The van der Waals surface area contributed by atoms with E-state index in [0.29, 0.717) is 17.9 Å². The van der Waals surface area contributed by atoms with Gasteiger partial charge in [-0.25, -0.2) is 9.69 Å². The van der Waals surface area contributed by atoms with Gasteiger partial charge in [0.15, 0.2) is 0 Å². The average molecular weight is 468 g/mol. The van der Waals surface area contributed by atoms with Crippen molar-refractivity contribution in [3.8, 4) is 0 Å². The van der Waals surface area contributed by atoms with E-state index in [4.69, 9.17) is 39.5 Å². The van der Waals surface area contributed by atoms with E-state index in [2.05, 4.69) is 5.32 Å². The topological polar surface area (TPSA) is 75.7 Å². The molecule has 9 heteroatoms. The third-order valence-electron chi connectivity index (χ3n) is 4.32. The zero-order valence-corrected chi connectivity index (χ0v) is 18.1. The Bertz CT molecular complexity index is 1040. The van der Waals surface area contributed by atoms with E-state index >= 15 is 0 Å². The summed E-state index contributed by atoms with van der Waals surface area (Å²) in [6, 6.07) is 10.9. The van der Waals surface area contributed by atoms with Crippen LogP contribution in [0.2, 0.25) is 10.0 Å². The van der Waals surface area contributed by atoms with E-state index in [1.165, 1.54) is 6.07 Å². The summed E-state index contributed by atoms with van der Waals surface area (Å²) in [4.78, 5) is 38.2. The highest BCUT2D eigenvalue weighted by Gasteiger charge is 2.40. The van der Waals surface area contributed by atoms with Crippen LogP contribution < -0.4 is 10.2 Å². The molecule has 0 atom stereocenters. The third kappa shape index (κ3) is 4.46. The predicted molar refractivity (Wildman–Crippen MR) is 117 cm³/mol. The van der Waals surface area contributed by atoms with Gasteiger partial charge in [0.05, 0.1) is 27.9 Å². The van der Waals surface area contributed by atoms with Crippen LogP contribution in [0, 0.1) is 0 Å². The van der Waals surface area contributed by atoms with E-state index in [-0.39, 0.29) is 26.5 Å². The number of rotatable bonds is 7. The highest BCUT2D eigenvalue weighted by Crippen LogP contribution is 2.37. The van der Waals surface area contributed by atoms with Gasteiger partial charge in [0.2, 0.25) is 0 Å². The van der Waals surface area contributed by atoms with E-state index in [1.54, 1.807) is 36.4 Å². The van der Waals surface area contributed by atoms with Crippen LogP contribution in [0.15, 0.2) is 53.2 Å². The van der Waals surface area contributed by atoms with Crippen molar-refractivity contribution < 1.29 is 19.1 Å². The quantitative estimate of drug-likeness (QED) is 0.336. The Labute approximate surface area is 188 Å². The zero-order valence-electron chi connectivity index (χ0n) is 15.9. The van der Waals surface area contributed by atoms with Crippen LogP contribution in [0.1, 0.15) is 30.1 Å². The van der Waals surface area contributed by atoms with Gasteiger partial charge in [-0.2, -0.15) is 0 Å². The number of ether oxygens (including phenoxy) is 1. The SMILES string of the molecule is CCCCOC(=O)c1ccc(NC2=C(Cl)C(=O)N(c3cccc(Cl)c3Cl)C2=O)cc1. The zero-order chi connectivity index (χ0) is 21.8. The lowest BCUT2D eigenvalue weighted by Gasteiger charge is -2.17. The van der Waals surface area contributed by atoms with Crippen molar-refractivity contribution in [3.05, 3.63) is 68.8 Å². The molecule has 0 unspecified atom stereocenters. The fourth-order valence-corrected chi connectivity index (χ4v) is 3.31. The van der Waals surface area contributed by atoms with Crippen molar-refractivity contribution in [1.82, 2.24) is 0 Å². The lowest BCUT2D eigenvalue weighted by atomic mass is 10.2. The van der Waals surface area contributed by atoms with Gasteiger partial charge in [0, 0.05) is 5.69 Å². The van der Waals surface area contributed by atoms with Gasteiger partial charge < -0.3 is 10.1 Å². The Hall–Kier alpha value is -2.54. The number of amides is 2. The first-order valence-corrected chi connectivity index (χ1v) is 10.2. The second kappa shape index (κ2) is 9.51. The first kappa shape index (κ1) is 22.2. The highest BCUT2D eigenvalue weighted by atomic mass is 35.5. The Morgan fingerprint density at radius 1 is 1.03 bits per heavy atom. The maximum atomic E-state index is 12.8. The summed E-state index contributed by atoms with van der Waals surface area (Å²) in [7, 11) is 0. The number of anilines is 2. The summed E-state index contributed by atoms with van der Waals surface area (Å²) in [5.41, 5.74) is 0.876. The fraction of sp³-hybridized carbons (Fsp3) is 0.190. The van der Waals surface area contributed by atoms with Crippen molar-refractivity contribution >= 4 is 64.0 Å². The van der Waals surface area contributed by atoms with Gasteiger partial charge in [-0.1, -0.05) is 54.2 Å². The summed E-state index contributed by atoms with van der Waals surface area (Å²) < 4.78 is 5.16. The molecule has 2 aromatic carbocycles. The molecule has 3 rings (SSSR count). The van der Waals surface area contributed by atoms with Crippen LogP contribution in [0.4, 0.5) is 11.4 Å². The third-order valence-corrected chi connectivity index (χ3v) is 5.48. The second-order valence-corrected chi connectivity index (χ2v) is 7.56. The van der Waals surface area contributed by atoms with Gasteiger partial charge in [0.25, 0.3) is 11.8 Å². The largest absolute Gasteiger partial charge is 0.462 e. The van der Waals surface area contributed by atoms with E-state index in [0.717, 1.165) is 17.7 Å². The molecule has 1 aliphatic heterocycles. The second-order valence-electron chi connectivity index (χ2n) is 6.40. The minimum Gasteiger partial charge on any atom is -0.462 e. The molecule has 2 amide bonds. The molecule has 6 nitrogen and oxygen atoms in total. The van der Waals surface area contributed by atoms with Crippen molar-refractivity contribution in [1.29, 1.82) is 0 Å². The fourth-order valence-electron chi connectivity index (χ4n) is 2.72. The normalized spacial score (nSPS) is 13.8. The van der Waals surface area contributed by atoms with Gasteiger partial charge >= 0.3 is 5.97 Å². The molecule has 1 N–H and O–H groups in total. The summed E-state index contributed by atoms with van der Waals surface area (Å²) in [6.45, 7) is 2.36. The van der Waals surface area contributed by atoms with E-state index in [1.807, 2.05) is 6.92 Å². The molecule has 0 aliphatic carbocycles. The standard InChI is InChI=1S/C21H17Cl3N2O4/c1-2-3-11-30-21(29)12-7-9-13(10-8-12)25-18-17(24)19(27)26(20(18)28)15-6-4-5-14(22)16(15)23/h4-10,25H,2-3,11H2,1H3. The molecule has 1 aliphatic rings. The van der Waals surface area contributed by atoms with Crippen LogP contribution in [-0.4, -0.2) is 24.4 Å². The molecule has 1 heterocycles. The van der Waals surface area contributed by atoms with Crippen LogP contribution in [0.3, 0.4) is 0 Å². The number of unbranched alkanes of at least 4 members (excludes halogenated alkanes) is 1. The number of imide groups is 1. The monoisotopic (exact) mass is 466 g/mol. The molecule has 0 saturated heterocycles. The van der Waals surface area contributed by atoms with E-state index < -0.39 is 17.8 Å². The van der Waals surface area contributed by atoms with E-state index in [9.17, 15) is 14.4 Å². The molecule has 30 heavy (non-hydrogen) atoms. The van der Waals surface area contributed by atoms with Crippen molar-refractivity contribution in [3.63, 3.8) is 0 Å². The van der Waals surface area contributed by atoms with Crippen LogP contribution in [-0.2, 0) is 14.3 Å². The summed E-state index contributed by atoms with van der Waals surface area (Å²) in [6.07, 6.45) is 1.72. The minimum absolute atomic E-state index is 0.0671. The van der Waals surface area contributed by atoms with Gasteiger partial charge in [0.1, 0.15) is 10.7 Å². The Balaban J connectivity index is 1.77. The van der Waals surface area contributed by atoms with Crippen LogP contribution in [0.5, 0.6) is 0 Å². The molecule has 0 radical (unpaired) electrons. The molecular weight excluding hydrogens is 451 g/mol. The molecular formula is C21H17Cl3N2O4. The van der Waals surface area contributed by atoms with Gasteiger partial charge in [-0.15, -0.1) is 0 Å². The number of halogens is 3. The number of carbonyl (C=O) groups excluding carboxylic acids is 3. The maximum absolute atomic E-state index is 12.8. The van der Waals surface area contributed by atoms with Crippen LogP contribution in [0.25, 0.3) is 0 Å². The number of hydrogen-bond acceptors (Lipinski definition) is 5. The smallest absolute Gasteiger partial charge is 0.338 e. The molecule has 0 aromatic heterocycles. The first-order valence-electron chi connectivity index (χ1n) is 9.12. The number of carbonyl (C=O) groups is 3. The Morgan fingerprint density at radius 2 is 1.73 bits per heavy atom. The number of benzene rings is 2. The molecule has 0 bridgehead atoms. The number of esters is 1. The predicted octanol–water partition coefficient (Wildman–Crippen LogP) is 5.39. The minimum atomic E-state index is -0.718. The lowest BCUT2D eigenvalue weighted by molar-refractivity contribution is -0.120. The molecule has 0 spiro atoms. The highest BCUT2D eigenvalue weighted by molar-refractivity contribution is 6.54. The maximum Gasteiger partial charge on any atom is 0.338 e. The number of nitrogens with one attached hydrogen (secondary N) is 1. The van der Waals surface area contributed by atoms with Crippen molar-refractivity contribution in [2.24, 2.45) is 0 Å². The summed E-state index contributed by atoms with van der Waals surface area (Å²) in [5, 5.41) is 2.82. The van der Waals surface area contributed by atoms with Crippen molar-refractivity contribution in [2.75, 3.05) is 16.8 Å². The van der Waals surface area contributed by atoms with Gasteiger partial charge in [-0.05, 0) is 42.8 Å². The number of nitrogens with zero attached hydrogens (tertiary/aromatic N) is 1. The number of hydrogen-bond donors (Lipinski definition) is 1. The van der Waals surface area contributed by atoms with Crippen LogP contribution >= 0.6 is 34.8 Å². The van der Waals surface area contributed by atoms with Gasteiger partial charge in [-0.3, -0.25) is 9.59 Å². The summed E-state index contributed by atoms with van der Waals surface area (Å²) >= 11 is 18.3. The lowest BCUT2D eigenvalue weighted by Crippen LogP contribution is -2.32. The molecule has 0 saturated carbocycles. The molecule has 156 valence electrons. The first-order chi connectivity index (χ1) is 14.3. The average Bonchev–Trinajstić information content (AvgIpc) is 2.94. The Morgan fingerprint density at radius 3 is 2.40 bits per heavy atom. The summed E-state index contributed by atoms with van der Waals surface area (Å²) in [5.74, 6) is -1.82. The molecule has 2 aromatic rings. The Kier molecular flexibility index (Phi) is 7.02. The molecule has 0 fully saturated rings. The van der Waals surface area contributed by atoms with Crippen molar-refractivity contribution in [2.45, 2.75) is 19.8 Å².